The van der Waals surface area contributed by atoms with Crippen LogP contribution in [0.15, 0.2) is 72.8 Å². The van der Waals surface area contributed by atoms with Gasteiger partial charge in [0, 0.05) is 11.3 Å². The molecule has 32 heavy (non-hydrogen) atoms. The third kappa shape index (κ3) is 6.00. The van der Waals surface area contributed by atoms with Crippen molar-refractivity contribution in [3.8, 4) is 11.5 Å². The Morgan fingerprint density at radius 2 is 1.62 bits per heavy atom. The molecule has 0 radical (unpaired) electrons. The Labute approximate surface area is 182 Å². The van der Waals surface area contributed by atoms with Crippen molar-refractivity contribution in [3.63, 3.8) is 0 Å². The normalized spacial score (nSPS) is 10.9. The minimum absolute atomic E-state index is 0.0261. The first kappa shape index (κ1) is 22.7. The molecule has 0 fully saturated rings. The molecule has 0 bridgehead atoms. The number of nitrogens with one attached hydrogen (secondary N) is 2. The number of anilines is 2. The lowest BCUT2D eigenvalue weighted by atomic mass is 10.1. The highest BCUT2D eigenvalue weighted by Crippen LogP contribution is 2.30. The standard InChI is InChI=1S/C23H19F3N2O4/c1-31-20-8-3-2-7-19(20)28-21(29)14-32-18-11-9-15(10-12-18)22(30)27-17-6-4-5-16(13-17)23(24,25)26/h2-13H,14H2,1H3,(H,27,30)(H,28,29). The molecule has 2 amide bonds. The molecule has 0 saturated carbocycles. The van der Waals surface area contributed by atoms with Crippen molar-refractivity contribution in [1.82, 2.24) is 0 Å². The first-order valence-corrected chi connectivity index (χ1v) is 9.40. The van der Waals surface area contributed by atoms with Gasteiger partial charge in [-0.2, -0.15) is 13.2 Å². The van der Waals surface area contributed by atoms with Gasteiger partial charge in [0.1, 0.15) is 11.5 Å². The average Bonchev–Trinajstić information content (AvgIpc) is 2.78. The van der Waals surface area contributed by atoms with Crippen LogP contribution in [0.2, 0.25) is 0 Å². The molecule has 3 aromatic rings. The van der Waals surface area contributed by atoms with E-state index in [0.717, 1.165) is 12.1 Å². The van der Waals surface area contributed by atoms with Gasteiger partial charge in [0.2, 0.25) is 0 Å². The second kappa shape index (κ2) is 9.86. The molecular weight excluding hydrogens is 425 g/mol. The molecule has 0 aliphatic heterocycles. The van der Waals surface area contributed by atoms with E-state index in [1.807, 2.05) is 0 Å². The summed E-state index contributed by atoms with van der Waals surface area (Å²) < 4.78 is 49.0. The number of rotatable bonds is 7. The summed E-state index contributed by atoms with van der Waals surface area (Å²) in [5, 5.41) is 5.09. The van der Waals surface area contributed by atoms with Crippen molar-refractivity contribution in [1.29, 1.82) is 0 Å². The van der Waals surface area contributed by atoms with Gasteiger partial charge in [-0.05, 0) is 54.6 Å². The van der Waals surface area contributed by atoms with Crippen LogP contribution in [0.3, 0.4) is 0 Å². The topological polar surface area (TPSA) is 76.7 Å². The van der Waals surface area contributed by atoms with Gasteiger partial charge in [0.25, 0.3) is 11.8 Å². The van der Waals surface area contributed by atoms with Crippen molar-refractivity contribution in [2.24, 2.45) is 0 Å². The summed E-state index contributed by atoms with van der Waals surface area (Å²) in [5.74, 6) is -0.126. The van der Waals surface area contributed by atoms with Gasteiger partial charge < -0.3 is 20.1 Å². The number of carbonyl (C=O) groups excluding carboxylic acids is 2. The Hall–Kier alpha value is -4.01. The highest BCUT2D eigenvalue weighted by molar-refractivity contribution is 6.04. The number of carbonyl (C=O) groups is 2. The molecule has 0 aliphatic rings. The smallest absolute Gasteiger partial charge is 0.416 e. The van der Waals surface area contributed by atoms with E-state index < -0.39 is 23.6 Å². The number of halogens is 3. The zero-order chi connectivity index (χ0) is 23.1. The SMILES string of the molecule is COc1ccccc1NC(=O)COc1ccc(C(=O)Nc2cccc(C(F)(F)F)c2)cc1. The minimum atomic E-state index is -4.50. The molecule has 0 aliphatic carbocycles. The summed E-state index contributed by atoms with van der Waals surface area (Å²) in [5.41, 5.74) is -0.109. The second-order valence-electron chi connectivity index (χ2n) is 6.59. The van der Waals surface area contributed by atoms with Crippen molar-refractivity contribution in [2.75, 3.05) is 24.4 Å². The molecule has 0 spiro atoms. The monoisotopic (exact) mass is 444 g/mol. The third-order valence-corrected chi connectivity index (χ3v) is 4.32. The van der Waals surface area contributed by atoms with Gasteiger partial charge in [0.15, 0.2) is 6.61 Å². The molecule has 9 heteroatoms. The average molecular weight is 444 g/mol. The minimum Gasteiger partial charge on any atom is -0.495 e. The summed E-state index contributed by atoms with van der Waals surface area (Å²) >= 11 is 0. The van der Waals surface area contributed by atoms with Crippen LogP contribution in [-0.4, -0.2) is 25.5 Å². The van der Waals surface area contributed by atoms with E-state index in [4.69, 9.17) is 9.47 Å². The Kier molecular flexibility index (Phi) is 6.99. The Morgan fingerprint density at radius 1 is 0.906 bits per heavy atom. The van der Waals surface area contributed by atoms with E-state index in [1.54, 1.807) is 24.3 Å². The molecule has 166 valence electrons. The van der Waals surface area contributed by atoms with E-state index in [0.29, 0.717) is 17.2 Å². The molecular formula is C23H19F3N2O4. The maximum absolute atomic E-state index is 12.8. The van der Waals surface area contributed by atoms with Gasteiger partial charge in [0.05, 0.1) is 18.4 Å². The summed E-state index contributed by atoms with van der Waals surface area (Å²) in [7, 11) is 1.49. The number of amides is 2. The van der Waals surface area contributed by atoms with E-state index in [2.05, 4.69) is 10.6 Å². The Balaban J connectivity index is 1.55. The lowest BCUT2D eigenvalue weighted by Gasteiger charge is -2.11. The van der Waals surface area contributed by atoms with Gasteiger partial charge in [-0.15, -0.1) is 0 Å². The molecule has 3 rings (SSSR count). The molecule has 0 heterocycles. The first-order chi connectivity index (χ1) is 15.3. The summed E-state index contributed by atoms with van der Waals surface area (Å²) in [4.78, 5) is 24.4. The zero-order valence-electron chi connectivity index (χ0n) is 16.9. The quantitative estimate of drug-likeness (QED) is 0.539. The number of benzene rings is 3. The van der Waals surface area contributed by atoms with E-state index in [1.165, 1.54) is 43.5 Å². The summed E-state index contributed by atoms with van der Waals surface area (Å²) in [6, 6.07) is 17.1. The lowest BCUT2D eigenvalue weighted by molar-refractivity contribution is -0.137. The summed E-state index contributed by atoms with van der Waals surface area (Å²) in [6.07, 6.45) is -4.50. The number of para-hydroxylation sites is 2. The largest absolute Gasteiger partial charge is 0.495 e. The molecule has 0 atom stereocenters. The Morgan fingerprint density at radius 3 is 2.31 bits per heavy atom. The number of hydrogen-bond donors (Lipinski definition) is 2. The number of alkyl halides is 3. The van der Waals surface area contributed by atoms with Crippen LogP contribution in [0.5, 0.6) is 11.5 Å². The molecule has 3 aromatic carbocycles. The zero-order valence-corrected chi connectivity index (χ0v) is 16.9. The molecule has 0 unspecified atom stereocenters. The second-order valence-corrected chi connectivity index (χ2v) is 6.59. The van der Waals surface area contributed by atoms with Gasteiger partial charge in [-0.1, -0.05) is 18.2 Å². The fraction of sp³-hybridized carbons (Fsp3) is 0.130. The number of hydrogen-bond acceptors (Lipinski definition) is 4. The molecule has 0 saturated heterocycles. The summed E-state index contributed by atoms with van der Waals surface area (Å²) in [6.45, 7) is -0.270. The van der Waals surface area contributed by atoms with Crippen LogP contribution in [0, 0.1) is 0 Å². The highest BCUT2D eigenvalue weighted by Gasteiger charge is 2.30. The van der Waals surface area contributed by atoms with E-state index in [-0.39, 0.29) is 17.9 Å². The first-order valence-electron chi connectivity index (χ1n) is 9.40. The maximum Gasteiger partial charge on any atom is 0.416 e. The molecule has 2 N–H and O–H groups in total. The number of methoxy groups -OCH3 is 1. The van der Waals surface area contributed by atoms with Crippen LogP contribution in [0.1, 0.15) is 15.9 Å². The van der Waals surface area contributed by atoms with E-state index >= 15 is 0 Å². The van der Waals surface area contributed by atoms with Crippen LogP contribution < -0.4 is 20.1 Å². The predicted octanol–water partition coefficient (Wildman–Crippen LogP) is 4.98. The fourth-order valence-corrected chi connectivity index (χ4v) is 2.76. The van der Waals surface area contributed by atoms with E-state index in [9.17, 15) is 22.8 Å². The molecule has 0 aromatic heterocycles. The van der Waals surface area contributed by atoms with Crippen molar-refractivity contribution < 1.29 is 32.2 Å². The van der Waals surface area contributed by atoms with Gasteiger partial charge in [-0.25, -0.2) is 0 Å². The van der Waals surface area contributed by atoms with Crippen molar-refractivity contribution in [2.45, 2.75) is 6.18 Å². The highest BCUT2D eigenvalue weighted by atomic mass is 19.4. The predicted molar refractivity (Wildman–Crippen MR) is 113 cm³/mol. The van der Waals surface area contributed by atoms with Gasteiger partial charge in [-0.3, -0.25) is 9.59 Å². The fourth-order valence-electron chi connectivity index (χ4n) is 2.76. The van der Waals surface area contributed by atoms with Crippen molar-refractivity contribution in [3.05, 3.63) is 83.9 Å². The van der Waals surface area contributed by atoms with Gasteiger partial charge >= 0.3 is 6.18 Å². The van der Waals surface area contributed by atoms with Crippen LogP contribution in [0.25, 0.3) is 0 Å². The van der Waals surface area contributed by atoms with Crippen LogP contribution in [-0.2, 0) is 11.0 Å². The van der Waals surface area contributed by atoms with Crippen molar-refractivity contribution >= 4 is 23.2 Å². The molecule has 6 nitrogen and oxygen atoms in total. The lowest BCUT2D eigenvalue weighted by Crippen LogP contribution is -2.20. The van der Waals surface area contributed by atoms with Crippen LogP contribution in [0.4, 0.5) is 24.5 Å². The Bertz CT molecular complexity index is 1100. The maximum atomic E-state index is 12.8. The number of ether oxygens (including phenoxy) is 2. The third-order valence-electron chi connectivity index (χ3n) is 4.32. The van der Waals surface area contributed by atoms with Crippen LogP contribution >= 0.6 is 0 Å².